The van der Waals surface area contributed by atoms with Crippen LogP contribution in [0.5, 0.6) is 5.75 Å². The number of hydrogen-bond donors (Lipinski definition) is 2. The topological polar surface area (TPSA) is 139 Å². The van der Waals surface area contributed by atoms with Gasteiger partial charge in [0.2, 0.25) is 0 Å². The maximum atomic E-state index is 15.9. The van der Waals surface area contributed by atoms with E-state index in [4.69, 9.17) is 33.2 Å². The van der Waals surface area contributed by atoms with Crippen LogP contribution in [0.2, 0.25) is 0 Å². The zero-order valence-corrected chi connectivity index (χ0v) is 45.5. The van der Waals surface area contributed by atoms with Crippen LogP contribution in [-0.2, 0) is 59.6 Å². The van der Waals surface area contributed by atoms with E-state index in [0.717, 1.165) is 67.2 Å². The molecule has 1 saturated heterocycles. The molecule has 5 aromatic rings. The van der Waals surface area contributed by atoms with Crippen molar-refractivity contribution in [2.45, 2.75) is 154 Å². The number of rotatable bonds is 21. The Morgan fingerprint density at radius 2 is 1.22 bits per heavy atom. The number of methoxy groups -OCH3 is 1. The van der Waals surface area contributed by atoms with Crippen LogP contribution in [-0.4, -0.2) is 78.1 Å². The van der Waals surface area contributed by atoms with Gasteiger partial charge in [0.25, 0.3) is 0 Å². The highest BCUT2D eigenvalue weighted by molar-refractivity contribution is 6.04. The van der Waals surface area contributed by atoms with Crippen molar-refractivity contribution in [1.82, 2.24) is 0 Å². The number of esters is 1. The molecule has 1 heterocycles. The fraction of sp³-hybridized carbons (Fsp3) is 0.515. The fourth-order valence-electron chi connectivity index (χ4n) is 15.2. The van der Waals surface area contributed by atoms with Crippen molar-refractivity contribution in [2.75, 3.05) is 13.7 Å². The summed E-state index contributed by atoms with van der Waals surface area (Å²) in [5, 5.41) is 22.8. The van der Waals surface area contributed by atoms with Gasteiger partial charge in [0, 0.05) is 6.42 Å². The summed E-state index contributed by atoms with van der Waals surface area (Å²) in [5.41, 5.74) is 2.85. The molecule has 77 heavy (non-hydrogen) atoms. The van der Waals surface area contributed by atoms with E-state index in [1.54, 1.807) is 7.11 Å². The average Bonchev–Trinajstić information content (AvgIpc) is 4.12. The van der Waals surface area contributed by atoms with Gasteiger partial charge in [-0.05, 0) is 139 Å². The van der Waals surface area contributed by atoms with E-state index in [1.807, 2.05) is 121 Å². The number of hydrogen-bond acceptors (Lipinski definition) is 11. The summed E-state index contributed by atoms with van der Waals surface area (Å²) >= 11 is 0. The van der Waals surface area contributed by atoms with Crippen molar-refractivity contribution in [3.63, 3.8) is 0 Å². The third-order valence-corrected chi connectivity index (χ3v) is 19.3. The SMILES string of the molecule is COc1ccccc1C(=O)[C@]1(OC2O[C@H](CO)[C@@H](O)[C@H](OCc3ccccc3)[C@H]2OCc2ccccc2)CC[C@@]2(C)C(C[C@@H](OCc3ccccc3)[C@H]3[C@@H]4CC[C@H]([C@H](C)CCC(=O)OCc5ccccc5)[C@@]4(C)CC[C@@H]32)C1. The number of carbonyl (C=O) groups is 2. The molecule has 1 aliphatic heterocycles. The number of benzene rings is 5. The molecule has 0 aromatic heterocycles. The molecule has 2 N–H and O–H groups in total. The highest BCUT2D eigenvalue weighted by atomic mass is 16.7. The van der Waals surface area contributed by atoms with E-state index in [0.29, 0.717) is 73.4 Å². The molecule has 11 nitrogen and oxygen atoms in total. The summed E-state index contributed by atoms with van der Waals surface area (Å²) < 4.78 is 46.5. The molecule has 5 fully saturated rings. The molecule has 4 aliphatic carbocycles. The van der Waals surface area contributed by atoms with E-state index in [2.05, 4.69) is 45.0 Å². The van der Waals surface area contributed by atoms with Crippen molar-refractivity contribution in [3.8, 4) is 5.75 Å². The Hall–Kier alpha value is -5.24. The predicted molar refractivity (Wildman–Crippen MR) is 293 cm³/mol. The average molecular weight is 1050 g/mol. The van der Waals surface area contributed by atoms with Gasteiger partial charge in [-0.15, -0.1) is 0 Å². The largest absolute Gasteiger partial charge is 0.496 e. The van der Waals surface area contributed by atoms with E-state index < -0.39 is 42.9 Å². The number of fused-ring (bicyclic) bond motifs is 5. The van der Waals surface area contributed by atoms with Crippen molar-refractivity contribution in [1.29, 1.82) is 0 Å². The minimum Gasteiger partial charge on any atom is -0.496 e. The van der Waals surface area contributed by atoms with Crippen molar-refractivity contribution in [3.05, 3.63) is 173 Å². The van der Waals surface area contributed by atoms with Crippen molar-refractivity contribution in [2.24, 2.45) is 46.3 Å². The molecule has 5 aromatic carbocycles. The number of carbonyl (C=O) groups excluding carboxylic acids is 2. The van der Waals surface area contributed by atoms with Crippen LogP contribution in [0.15, 0.2) is 146 Å². The Morgan fingerprint density at radius 3 is 1.83 bits per heavy atom. The van der Waals surface area contributed by atoms with Gasteiger partial charge in [-0.25, -0.2) is 0 Å². The maximum Gasteiger partial charge on any atom is 0.306 e. The zero-order valence-electron chi connectivity index (χ0n) is 45.5. The third kappa shape index (κ3) is 11.7. The summed E-state index contributed by atoms with van der Waals surface area (Å²) in [5.74, 6) is 2.01. The first-order valence-corrected chi connectivity index (χ1v) is 28.4. The first-order chi connectivity index (χ1) is 37.4. The van der Waals surface area contributed by atoms with Gasteiger partial charge in [-0.3, -0.25) is 9.59 Å². The highest BCUT2D eigenvalue weighted by Gasteiger charge is 2.66. The first-order valence-electron chi connectivity index (χ1n) is 28.4. The molecule has 4 saturated carbocycles. The number of ether oxygens (including phenoxy) is 7. The highest BCUT2D eigenvalue weighted by Crippen LogP contribution is 2.70. The Bertz CT molecular complexity index is 2690. The minimum absolute atomic E-state index is 0.0101. The van der Waals surface area contributed by atoms with E-state index >= 15 is 4.79 Å². The number of ketones is 1. The lowest BCUT2D eigenvalue weighted by atomic mass is 9.42. The second-order valence-corrected chi connectivity index (χ2v) is 23.5. The maximum absolute atomic E-state index is 15.9. The monoisotopic (exact) mass is 1050 g/mol. The normalized spacial score (nSPS) is 33.0. The lowest BCUT2D eigenvalue weighted by Crippen LogP contribution is -2.65. The minimum atomic E-state index is -1.43. The summed E-state index contributed by atoms with van der Waals surface area (Å²) in [4.78, 5) is 29.0. The van der Waals surface area contributed by atoms with Gasteiger partial charge in [0.1, 0.15) is 42.4 Å². The summed E-state index contributed by atoms with van der Waals surface area (Å²) in [6.45, 7) is 7.98. The Labute approximate surface area is 455 Å². The van der Waals surface area contributed by atoms with Gasteiger partial charge in [0.05, 0.1) is 45.2 Å². The lowest BCUT2D eigenvalue weighted by molar-refractivity contribution is -0.342. The molecule has 11 heteroatoms. The van der Waals surface area contributed by atoms with Gasteiger partial charge in [0.15, 0.2) is 12.1 Å². The number of aliphatic hydroxyl groups excluding tert-OH is 2. The van der Waals surface area contributed by atoms with E-state index in [9.17, 15) is 15.0 Å². The molecule has 15 atom stereocenters. The van der Waals surface area contributed by atoms with Crippen LogP contribution in [0.3, 0.4) is 0 Å². The zero-order chi connectivity index (χ0) is 53.6. The molecule has 0 bridgehead atoms. The molecular weight excluding hydrogens is 969 g/mol. The van der Waals surface area contributed by atoms with Crippen LogP contribution in [0.1, 0.15) is 118 Å². The molecule has 2 unspecified atom stereocenters. The van der Waals surface area contributed by atoms with Crippen LogP contribution < -0.4 is 4.74 Å². The molecule has 0 spiro atoms. The van der Waals surface area contributed by atoms with Crippen molar-refractivity contribution < 1.29 is 53.0 Å². The standard InChI is InChI=1S/C66H80O11/c1-44(29-32-57(68)73-41-46-21-11-6-12-22-46)51-30-31-52-58-53(33-34-65(51,52)3)64(2)35-36-66(62(70)50-27-17-18-28-54(50)71-4,38-49(64)37-55(58)72-40-45-19-9-5-10-20-45)77-63-61(75-43-48-25-15-8-16-26-48)60(59(69)56(39-67)76-63)74-42-47-23-13-7-14-24-47/h5-28,44,49,51-53,55-56,58-61,63,67,69H,29-43H2,1-4H3/t44-,49?,51-,52+,53+,55-,56-,58+,59-,60+,61-,63?,64+,65-,66+/m1/s1. The van der Waals surface area contributed by atoms with Crippen LogP contribution >= 0.6 is 0 Å². The van der Waals surface area contributed by atoms with Gasteiger partial charge >= 0.3 is 5.97 Å². The third-order valence-electron chi connectivity index (χ3n) is 19.3. The summed E-state index contributed by atoms with van der Waals surface area (Å²) in [6, 6.07) is 47.2. The lowest BCUT2D eigenvalue weighted by Gasteiger charge is -2.64. The Morgan fingerprint density at radius 1 is 0.662 bits per heavy atom. The Balaban J connectivity index is 0.961. The Kier molecular flexibility index (Phi) is 17.5. The van der Waals surface area contributed by atoms with Gasteiger partial charge in [-0.1, -0.05) is 154 Å². The van der Waals surface area contributed by atoms with Crippen molar-refractivity contribution >= 4 is 11.8 Å². The van der Waals surface area contributed by atoms with Crippen LogP contribution in [0.25, 0.3) is 0 Å². The quantitative estimate of drug-likeness (QED) is 0.0412. The molecule has 5 aliphatic rings. The smallest absolute Gasteiger partial charge is 0.306 e. The molecule has 10 rings (SSSR count). The van der Waals surface area contributed by atoms with E-state index in [-0.39, 0.29) is 47.8 Å². The first kappa shape index (κ1) is 55.1. The molecular formula is C66H80O11. The number of aliphatic hydroxyl groups is 2. The second kappa shape index (κ2) is 24.4. The van der Waals surface area contributed by atoms with Crippen LogP contribution in [0.4, 0.5) is 0 Å². The van der Waals surface area contributed by atoms with Gasteiger partial charge < -0.3 is 43.4 Å². The predicted octanol–water partition coefficient (Wildman–Crippen LogP) is 11.9. The molecule has 0 radical (unpaired) electrons. The van der Waals surface area contributed by atoms with E-state index in [1.165, 1.54) is 0 Å². The molecule has 410 valence electrons. The molecule has 0 amide bonds. The number of Topliss-reactive ketones (excluding diaryl/α,β-unsaturated/α-hetero) is 1. The fourth-order valence-corrected chi connectivity index (χ4v) is 15.2. The number of para-hydroxylation sites is 1. The van der Waals surface area contributed by atoms with Gasteiger partial charge in [-0.2, -0.15) is 0 Å². The van der Waals surface area contributed by atoms with Crippen LogP contribution in [0, 0.1) is 46.3 Å². The summed E-state index contributed by atoms with van der Waals surface area (Å²) in [6.07, 6.45) is 2.20. The second-order valence-electron chi connectivity index (χ2n) is 23.5. The summed E-state index contributed by atoms with van der Waals surface area (Å²) in [7, 11) is 1.58.